The molecule has 0 radical (unpaired) electrons. The number of nitrogens with two attached hydrogens (primary N) is 1. The molecule has 3 rings (SSSR count). The Balaban J connectivity index is 0.00000261. The molecule has 2 amide bonds. The molecular formula is C20H23ClFN3O2. The molecule has 1 saturated heterocycles. The molecule has 5 nitrogen and oxygen atoms in total. The van der Waals surface area contributed by atoms with Gasteiger partial charge in [-0.25, -0.2) is 4.39 Å². The molecule has 0 aliphatic carbocycles. The second kappa shape index (κ2) is 8.97. The number of nitrogens with zero attached hydrogens (tertiary/aromatic N) is 1. The molecule has 144 valence electrons. The van der Waals surface area contributed by atoms with Crippen molar-refractivity contribution in [3.05, 3.63) is 65.5 Å². The highest BCUT2D eigenvalue weighted by molar-refractivity contribution is 5.97. The van der Waals surface area contributed by atoms with Crippen LogP contribution in [0, 0.1) is 11.7 Å². The van der Waals surface area contributed by atoms with Crippen molar-refractivity contribution in [2.45, 2.75) is 12.8 Å². The normalized spacial score (nSPS) is 18.7. The van der Waals surface area contributed by atoms with Gasteiger partial charge in [0.2, 0.25) is 5.91 Å². The Morgan fingerprint density at radius 1 is 1.19 bits per heavy atom. The van der Waals surface area contributed by atoms with E-state index < -0.39 is 5.82 Å². The van der Waals surface area contributed by atoms with Gasteiger partial charge in [-0.05, 0) is 36.2 Å². The molecule has 27 heavy (non-hydrogen) atoms. The van der Waals surface area contributed by atoms with E-state index >= 15 is 0 Å². The fraction of sp³-hybridized carbons (Fsp3) is 0.300. The highest BCUT2D eigenvalue weighted by atomic mass is 35.5. The molecule has 1 heterocycles. The Morgan fingerprint density at radius 2 is 1.89 bits per heavy atom. The van der Waals surface area contributed by atoms with Crippen LogP contribution in [0.4, 0.5) is 10.1 Å². The number of carbonyl (C=O) groups is 2. The molecule has 0 bridgehead atoms. The lowest BCUT2D eigenvalue weighted by molar-refractivity contribution is -0.114. The number of rotatable bonds is 4. The number of hydrogen-bond acceptors (Lipinski definition) is 3. The van der Waals surface area contributed by atoms with E-state index in [2.05, 4.69) is 5.32 Å². The molecule has 0 spiro atoms. The van der Waals surface area contributed by atoms with Crippen molar-refractivity contribution < 1.29 is 14.0 Å². The van der Waals surface area contributed by atoms with Crippen LogP contribution >= 0.6 is 12.4 Å². The van der Waals surface area contributed by atoms with Crippen molar-refractivity contribution in [3.63, 3.8) is 0 Å². The molecule has 0 unspecified atom stereocenters. The molecule has 7 heteroatoms. The maximum absolute atomic E-state index is 14.2. The molecule has 1 fully saturated rings. The van der Waals surface area contributed by atoms with Gasteiger partial charge in [0.25, 0.3) is 5.91 Å². The third-order valence-electron chi connectivity index (χ3n) is 4.78. The molecule has 3 N–H and O–H groups in total. The Kier molecular flexibility index (Phi) is 6.93. The summed E-state index contributed by atoms with van der Waals surface area (Å²) in [7, 11) is 0. The predicted octanol–water partition coefficient (Wildman–Crippen LogP) is 3.02. The summed E-state index contributed by atoms with van der Waals surface area (Å²) in [4.78, 5) is 25.7. The molecule has 1 aliphatic heterocycles. The van der Waals surface area contributed by atoms with Crippen LogP contribution in [0.3, 0.4) is 0 Å². The van der Waals surface area contributed by atoms with Crippen molar-refractivity contribution >= 4 is 29.9 Å². The molecular weight excluding hydrogens is 369 g/mol. The second-order valence-electron chi connectivity index (χ2n) is 6.60. The number of likely N-dealkylation sites (tertiary alicyclic amines) is 1. The summed E-state index contributed by atoms with van der Waals surface area (Å²) in [5, 5.41) is 2.58. The first kappa shape index (κ1) is 20.9. The number of anilines is 1. The van der Waals surface area contributed by atoms with Crippen LogP contribution in [0.5, 0.6) is 0 Å². The fourth-order valence-electron chi connectivity index (χ4n) is 3.49. The molecule has 2 aromatic rings. The van der Waals surface area contributed by atoms with E-state index in [4.69, 9.17) is 5.73 Å². The van der Waals surface area contributed by atoms with E-state index in [9.17, 15) is 14.0 Å². The average Bonchev–Trinajstić information content (AvgIpc) is 3.07. The van der Waals surface area contributed by atoms with Crippen molar-refractivity contribution in [2.75, 3.05) is 25.0 Å². The van der Waals surface area contributed by atoms with Crippen LogP contribution in [0.2, 0.25) is 0 Å². The maximum Gasteiger partial charge on any atom is 0.256 e. The SMILES string of the molecule is CC(=O)Nc1ccc(F)c(C(=O)N2C[C@@H](CN)[C@H](c3ccccc3)C2)c1.Cl. The first-order valence-electron chi connectivity index (χ1n) is 8.61. The summed E-state index contributed by atoms with van der Waals surface area (Å²) in [5.41, 5.74) is 7.40. The predicted molar refractivity (Wildman–Crippen MR) is 106 cm³/mol. The summed E-state index contributed by atoms with van der Waals surface area (Å²) >= 11 is 0. The van der Waals surface area contributed by atoms with Gasteiger partial charge in [0.1, 0.15) is 5.82 Å². The third kappa shape index (κ3) is 4.64. The minimum Gasteiger partial charge on any atom is -0.338 e. The molecule has 2 atom stereocenters. The topological polar surface area (TPSA) is 75.4 Å². The Hall–Kier alpha value is -2.44. The number of nitrogens with one attached hydrogen (secondary N) is 1. The molecule has 2 aromatic carbocycles. The van der Waals surface area contributed by atoms with E-state index in [0.29, 0.717) is 25.3 Å². The smallest absolute Gasteiger partial charge is 0.256 e. The van der Waals surface area contributed by atoms with E-state index in [1.54, 1.807) is 4.90 Å². The first-order chi connectivity index (χ1) is 12.5. The fourth-order valence-corrected chi connectivity index (χ4v) is 3.49. The lowest BCUT2D eigenvalue weighted by Gasteiger charge is -2.18. The maximum atomic E-state index is 14.2. The van der Waals surface area contributed by atoms with Gasteiger partial charge in [0.05, 0.1) is 5.56 Å². The van der Waals surface area contributed by atoms with Gasteiger partial charge in [0, 0.05) is 31.6 Å². The van der Waals surface area contributed by atoms with Crippen LogP contribution in [-0.4, -0.2) is 36.3 Å². The summed E-state index contributed by atoms with van der Waals surface area (Å²) in [6.45, 7) is 2.80. The number of benzene rings is 2. The van der Waals surface area contributed by atoms with Crippen molar-refractivity contribution in [1.82, 2.24) is 4.90 Å². The Morgan fingerprint density at radius 3 is 2.52 bits per heavy atom. The second-order valence-corrected chi connectivity index (χ2v) is 6.60. The van der Waals surface area contributed by atoms with E-state index in [-0.39, 0.29) is 41.6 Å². The average molecular weight is 392 g/mol. The van der Waals surface area contributed by atoms with Crippen LogP contribution in [0.25, 0.3) is 0 Å². The quantitative estimate of drug-likeness (QED) is 0.841. The third-order valence-corrected chi connectivity index (χ3v) is 4.78. The zero-order chi connectivity index (χ0) is 18.7. The molecule has 1 aliphatic rings. The minimum atomic E-state index is -0.600. The number of hydrogen-bond donors (Lipinski definition) is 2. The summed E-state index contributed by atoms with van der Waals surface area (Å²) < 4.78 is 14.2. The van der Waals surface area contributed by atoms with E-state index in [0.717, 1.165) is 5.56 Å². The summed E-state index contributed by atoms with van der Waals surface area (Å²) in [6, 6.07) is 13.9. The van der Waals surface area contributed by atoms with Crippen LogP contribution in [-0.2, 0) is 4.79 Å². The van der Waals surface area contributed by atoms with Crippen LogP contribution < -0.4 is 11.1 Å². The van der Waals surface area contributed by atoms with Crippen LogP contribution in [0.1, 0.15) is 28.8 Å². The highest BCUT2D eigenvalue weighted by Crippen LogP contribution is 2.33. The lowest BCUT2D eigenvalue weighted by Crippen LogP contribution is -2.30. The molecule has 0 aromatic heterocycles. The van der Waals surface area contributed by atoms with Crippen molar-refractivity contribution in [1.29, 1.82) is 0 Å². The zero-order valence-corrected chi connectivity index (χ0v) is 15.8. The van der Waals surface area contributed by atoms with Gasteiger partial charge in [0.15, 0.2) is 0 Å². The van der Waals surface area contributed by atoms with Gasteiger partial charge >= 0.3 is 0 Å². The standard InChI is InChI=1S/C20H22FN3O2.ClH/c1-13(25)23-16-7-8-19(21)17(9-16)20(26)24-11-15(10-22)18(12-24)14-5-3-2-4-6-14;/h2-9,15,18H,10-12,22H2,1H3,(H,23,25);1H/t15-,18+;/m1./s1. The van der Waals surface area contributed by atoms with Gasteiger partial charge in [-0.2, -0.15) is 0 Å². The van der Waals surface area contributed by atoms with Gasteiger partial charge in [-0.3, -0.25) is 9.59 Å². The Labute approximate surface area is 164 Å². The lowest BCUT2D eigenvalue weighted by atomic mass is 9.89. The summed E-state index contributed by atoms with van der Waals surface area (Å²) in [6.07, 6.45) is 0. The monoisotopic (exact) mass is 391 g/mol. The summed E-state index contributed by atoms with van der Waals surface area (Å²) in [5.74, 6) is -0.999. The first-order valence-corrected chi connectivity index (χ1v) is 8.61. The number of carbonyl (C=O) groups excluding carboxylic acids is 2. The van der Waals surface area contributed by atoms with Crippen molar-refractivity contribution in [2.24, 2.45) is 11.7 Å². The van der Waals surface area contributed by atoms with E-state index in [1.807, 2.05) is 30.3 Å². The number of halogens is 2. The van der Waals surface area contributed by atoms with Gasteiger partial charge in [-0.15, -0.1) is 12.4 Å². The van der Waals surface area contributed by atoms with Gasteiger partial charge < -0.3 is 16.0 Å². The van der Waals surface area contributed by atoms with Gasteiger partial charge in [-0.1, -0.05) is 30.3 Å². The largest absolute Gasteiger partial charge is 0.338 e. The zero-order valence-electron chi connectivity index (χ0n) is 15.0. The van der Waals surface area contributed by atoms with Crippen molar-refractivity contribution in [3.8, 4) is 0 Å². The van der Waals surface area contributed by atoms with Crippen LogP contribution in [0.15, 0.2) is 48.5 Å². The highest BCUT2D eigenvalue weighted by Gasteiger charge is 2.36. The number of amides is 2. The minimum absolute atomic E-state index is 0. The molecule has 0 saturated carbocycles. The Bertz CT molecular complexity index is 816. The van der Waals surface area contributed by atoms with E-state index in [1.165, 1.54) is 25.1 Å².